The molecule has 4 nitrogen and oxygen atoms in total. The predicted octanol–water partition coefficient (Wildman–Crippen LogP) is 2.22. The lowest BCUT2D eigenvalue weighted by Gasteiger charge is -2.32. The third-order valence-electron chi connectivity index (χ3n) is 3.57. The molecular weight excluding hydrogens is 317 g/mol. The molecule has 1 aromatic rings. The lowest BCUT2D eigenvalue weighted by molar-refractivity contribution is -0.137. The Balaban J connectivity index is 1.95. The summed E-state index contributed by atoms with van der Waals surface area (Å²) in [6, 6.07) is 4.95. The molecule has 0 saturated carbocycles. The second-order valence-electron chi connectivity index (χ2n) is 5.66. The monoisotopic (exact) mass is 336 g/mol. The van der Waals surface area contributed by atoms with Crippen molar-refractivity contribution in [1.82, 2.24) is 9.62 Å². The molecule has 0 amide bonds. The van der Waals surface area contributed by atoms with E-state index < -0.39 is 21.8 Å². The molecule has 22 heavy (non-hydrogen) atoms. The Morgan fingerprint density at radius 2 is 1.91 bits per heavy atom. The normalized spacial score (nSPS) is 21.0. The van der Waals surface area contributed by atoms with Crippen LogP contribution in [0.2, 0.25) is 0 Å². The Morgan fingerprint density at radius 1 is 1.27 bits per heavy atom. The molecular formula is C14H19F3N2O2S. The van der Waals surface area contributed by atoms with Crippen molar-refractivity contribution in [3.05, 3.63) is 35.4 Å². The highest BCUT2D eigenvalue weighted by Gasteiger charge is 2.30. The van der Waals surface area contributed by atoms with Crippen molar-refractivity contribution in [2.45, 2.75) is 31.6 Å². The number of nitrogens with zero attached hydrogens (tertiary/aromatic N) is 1. The zero-order valence-electron chi connectivity index (χ0n) is 12.2. The average molecular weight is 336 g/mol. The molecule has 1 atom stereocenters. The lowest BCUT2D eigenvalue weighted by Crippen LogP contribution is -2.46. The molecule has 2 rings (SSSR count). The number of benzene rings is 1. The minimum absolute atomic E-state index is 0.141. The molecule has 0 radical (unpaired) electrons. The second kappa shape index (κ2) is 6.55. The van der Waals surface area contributed by atoms with Crippen LogP contribution in [0.4, 0.5) is 13.2 Å². The first kappa shape index (κ1) is 17.2. The number of halogens is 3. The van der Waals surface area contributed by atoms with Gasteiger partial charge in [0.25, 0.3) is 0 Å². The van der Waals surface area contributed by atoms with Gasteiger partial charge in [-0.05, 0) is 37.1 Å². The molecule has 0 bridgehead atoms. The first-order valence-corrected chi connectivity index (χ1v) is 8.88. The van der Waals surface area contributed by atoms with E-state index in [-0.39, 0.29) is 6.04 Å². The molecule has 0 aliphatic carbocycles. The van der Waals surface area contributed by atoms with E-state index in [1.165, 1.54) is 12.1 Å². The number of hydrogen-bond acceptors (Lipinski definition) is 3. The summed E-state index contributed by atoms with van der Waals surface area (Å²) in [4.78, 5) is 2.05. The maximum absolute atomic E-state index is 12.5. The number of alkyl halides is 3. The predicted molar refractivity (Wildman–Crippen MR) is 77.7 cm³/mol. The highest BCUT2D eigenvalue weighted by atomic mass is 32.2. The van der Waals surface area contributed by atoms with Crippen LogP contribution in [0.5, 0.6) is 0 Å². The van der Waals surface area contributed by atoms with Crippen molar-refractivity contribution in [3.63, 3.8) is 0 Å². The van der Waals surface area contributed by atoms with E-state index in [1.54, 1.807) is 0 Å². The quantitative estimate of drug-likeness (QED) is 0.917. The number of piperidine rings is 1. The Bertz CT molecular complexity index is 600. The van der Waals surface area contributed by atoms with Crippen molar-refractivity contribution in [2.75, 3.05) is 19.3 Å². The van der Waals surface area contributed by atoms with Gasteiger partial charge in [0, 0.05) is 19.1 Å². The van der Waals surface area contributed by atoms with E-state index in [1.807, 2.05) is 0 Å². The van der Waals surface area contributed by atoms with Crippen LogP contribution in [0.3, 0.4) is 0 Å². The number of nitrogens with one attached hydrogen (secondary N) is 1. The summed E-state index contributed by atoms with van der Waals surface area (Å²) in [5.41, 5.74) is 0.125. The maximum atomic E-state index is 12.5. The molecule has 1 saturated heterocycles. The van der Waals surface area contributed by atoms with Crippen molar-refractivity contribution in [1.29, 1.82) is 0 Å². The van der Waals surface area contributed by atoms with E-state index >= 15 is 0 Å². The van der Waals surface area contributed by atoms with Crippen molar-refractivity contribution >= 4 is 10.0 Å². The molecule has 1 aliphatic rings. The molecule has 1 aliphatic heterocycles. The molecule has 0 aromatic heterocycles. The Kier molecular flexibility index (Phi) is 5.14. The van der Waals surface area contributed by atoms with Crippen LogP contribution in [-0.4, -0.2) is 38.7 Å². The second-order valence-corrected chi connectivity index (χ2v) is 7.44. The van der Waals surface area contributed by atoms with Gasteiger partial charge in [0.1, 0.15) is 0 Å². The molecule has 1 unspecified atom stereocenters. The van der Waals surface area contributed by atoms with Crippen molar-refractivity contribution in [3.8, 4) is 0 Å². The zero-order chi connectivity index (χ0) is 16.4. The summed E-state index contributed by atoms with van der Waals surface area (Å²) in [5, 5.41) is 0. The molecule has 124 valence electrons. The smallest absolute Gasteiger partial charge is 0.298 e. The van der Waals surface area contributed by atoms with Crippen molar-refractivity contribution < 1.29 is 21.6 Å². The van der Waals surface area contributed by atoms with Gasteiger partial charge in [-0.1, -0.05) is 12.1 Å². The van der Waals surface area contributed by atoms with Gasteiger partial charge in [-0.3, -0.25) is 4.90 Å². The molecule has 1 heterocycles. The van der Waals surface area contributed by atoms with Crippen LogP contribution in [-0.2, 0) is 22.7 Å². The molecule has 1 fully saturated rings. The summed E-state index contributed by atoms with van der Waals surface area (Å²) >= 11 is 0. The van der Waals surface area contributed by atoms with Gasteiger partial charge >= 0.3 is 6.18 Å². The topological polar surface area (TPSA) is 49.4 Å². The van der Waals surface area contributed by atoms with E-state index in [2.05, 4.69) is 9.62 Å². The van der Waals surface area contributed by atoms with E-state index in [9.17, 15) is 21.6 Å². The fourth-order valence-electron chi connectivity index (χ4n) is 2.66. The first-order chi connectivity index (χ1) is 10.1. The number of rotatable bonds is 4. The van der Waals surface area contributed by atoms with Gasteiger partial charge in [0.2, 0.25) is 10.0 Å². The average Bonchev–Trinajstić information content (AvgIpc) is 2.36. The minimum atomic E-state index is -4.33. The molecule has 8 heteroatoms. The Morgan fingerprint density at radius 3 is 2.45 bits per heavy atom. The third kappa shape index (κ3) is 5.26. The summed E-state index contributed by atoms with van der Waals surface area (Å²) in [6.45, 7) is 1.89. The fourth-order valence-corrected chi connectivity index (χ4v) is 3.45. The summed E-state index contributed by atoms with van der Waals surface area (Å²) in [7, 11) is -3.24. The number of sulfonamides is 1. The van der Waals surface area contributed by atoms with Gasteiger partial charge in [0.15, 0.2) is 0 Å². The zero-order valence-corrected chi connectivity index (χ0v) is 13.0. The van der Waals surface area contributed by atoms with Crippen LogP contribution in [0.25, 0.3) is 0 Å². The summed E-state index contributed by atoms with van der Waals surface area (Å²) in [5.74, 6) is 0. The van der Waals surface area contributed by atoms with Crippen LogP contribution in [0.1, 0.15) is 24.0 Å². The molecule has 1 aromatic carbocycles. The third-order valence-corrected chi connectivity index (χ3v) is 4.34. The van der Waals surface area contributed by atoms with Gasteiger partial charge in [-0.2, -0.15) is 13.2 Å². The maximum Gasteiger partial charge on any atom is 0.416 e. The van der Waals surface area contributed by atoms with Crippen LogP contribution < -0.4 is 4.72 Å². The molecule has 0 spiro atoms. The SMILES string of the molecule is CS(=O)(=O)NC1CCCN(Cc2ccc(C(F)(F)F)cc2)C1. The van der Waals surface area contributed by atoms with Gasteiger partial charge in [-0.15, -0.1) is 0 Å². The minimum Gasteiger partial charge on any atom is -0.298 e. The largest absolute Gasteiger partial charge is 0.416 e. The Labute approximate surface area is 128 Å². The standard InChI is InChI=1S/C14H19F3N2O2S/c1-22(20,21)18-13-3-2-8-19(10-13)9-11-4-6-12(7-5-11)14(15,16)17/h4-7,13,18H,2-3,8-10H2,1H3. The van der Waals surface area contributed by atoms with E-state index in [0.717, 1.165) is 43.3 Å². The highest BCUT2D eigenvalue weighted by molar-refractivity contribution is 7.88. The fraction of sp³-hybridized carbons (Fsp3) is 0.571. The lowest BCUT2D eigenvalue weighted by atomic mass is 10.1. The van der Waals surface area contributed by atoms with Crippen molar-refractivity contribution in [2.24, 2.45) is 0 Å². The van der Waals surface area contributed by atoms with Crippen LogP contribution in [0, 0.1) is 0 Å². The highest BCUT2D eigenvalue weighted by Crippen LogP contribution is 2.29. The van der Waals surface area contributed by atoms with Gasteiger partial charge in [0.05, 0.1) is 11.8 Å². The van der Waals surface area contributed by atoms with Crippen LogP contribution >= 0.6 is 0 Å². The van der Waals surface area contributed by atoms with Gasteiger partial charge in [-0.25, -0.2) is 13.1 Å². The molecule has 1 N–H and O–H groups in total. The van der Waals surface area contributed by atoms with E-state index in [4.69, 9.17) is 0 Å². The Hall–Kier alpha value is -1.12. The van der Waals surface area contributed by atoms with E-state index in [0.29, 0.717) is 13.1 Å². The number of hydrogen-bond donors (Lipinski definition) is 1. The number of likely N-dealkylation sites (tertiary alicyclic amines) is 1. The van der Waals surface area contributed by atoms with Crippen LogP contribution in [0.15, 0.2) is 24.3 Å². The van der Waals surface area contributed by atoms with Gasteiger partial charge < -0.3 is 0 Å². The summed E-state index contributed by atoms with van der Waals surface area (Å²) in [6.07, 6.45) is -1.57. The first-order valence-electron chi connectivity index (χ1n) is 6.99. The summed E-state index contributed by atoms with van der Waals surface area (Å²) < 4.78 is 62.6.